The van der Waals surface area contributed by atoms with Gasteiger partial charge in [-0.2, -0.15) is 0 Å². The van der Waals surface area contributed by atoms with Crippen LogP contribution in [0.15, 0.2) is 22.8 Å². The van der Waals surface area contributed by atoms with E-state index < -0.39 is 0 Å². The number of nitrogens with zero attached hydrogens (tertiary/aromatic N) is 2. The molecule has 0 saturated carbocycles. The summed E-state index contributed by atoms with van der Waals surface area (Å²) in [5.74, 6) is -0.176. The van der Waals surface area contributed by atoms with Crippen molar-refractivity contribution in [2.75, 3.05) is 39.3 Å². The quantitative estimate of drug-likeness (QED) is 0.843. The summed E-state index contributed by atoms with van der Waals surface area (Å²) in [4.78, 5) is 27.6. The van der Waals surface area contributed by atoms with E-state index in [2.05, 4.69) is 17.1 Å². The van der Waals surface area contributed by atoms with Crippen molar-refractivity contribution in [3.8, 4) is 0 Å². The van der Waals surface area contributed by atoms with E-state index in [4.69, 9.17) is 4.42 Å². The molecule has 1 fully saturated rings. The molecule has 104 valence electrons. The first-order valence-electron chi connectivity index (χ1n) is 6.52. The molecule has 6 nitrogen and oxygen atoms in total. The fourth-order valence-corrected chi connectivity index (χ4v) is 2.08. The van der Waals surface area contributed by atoms with Gasteiger partial charge in [0.15, 0.2) is 5.76 Å². The van der Waals surface area contributed by atoms with Crippen molar-refractivity contribution in [3.63, 3.8) is 0 Å². The van der Waals surface area contributed by atoms with Gasteiger partial charge in [0, 0.05) is 26.2 Å². The Morgan fingerprint density at radius 2 is 2.05 bits per heavy atom. The number of hydrogen-bond donors (Lipinski definition) is 1. The summed E-state index contributed by atoms with van der Waals surface area (Å²) in [5, 5.41) is 2.57. The molecular weight excluding hydrogens is 246 g/mol. The molecule has 0 unspecified atom stereocenters. The number of carbonyl (C=O) groups is 2. The third-order valence-corrected chi connectivity index (χ3v) is 3.32. The maximum atomic E-state index is 11.9. The van der Waals surface area contributed by atoms with Crippen LogP contribution < -0.4 is 5.32 Å². The summed E-state index contributed by atoms with van der Waals surface area (Å²) in [7, 11) is 0. The van der Waals surface area contributed by atoms with E-state index in [1.807, 2.05) is 0 Å². The topological polar surface area (TPSA) is 65.8 Å². The second kappa shape index (κ2) is 6.38. The average molecular weight is 265 g/mol. The van der Waals surface area contributed by atoms with Gasteiger partial charge in [-0.15, -0.1) is 0 Å². The van der Waals surface area contributed by atoms with Crippen LogP contribution in [0.3, 0.4) is 0 Å². The Bertz CT molecular complexity index is 422. The SMILES string of the molecule is CCN1CCN(C(=O)CNC(=O)c2ccco2)CC1. The molecule has 1 aromatic heterocycles. The van der Waals surface area contributed by atoms with Crippen LogP contribution in [0.5, 0.6) is 0 Å². The number of hydrogen-bond acceptors (Lipinski definition) is 4. The van der Waals surface area contributed by atoms with Crippen molar-refractivity contribution in [2.24, 2.45) is 0 Å². The molecule has 2 amide bonds. The maximum absolute atomic E-state index is 11.9. The van der Waals surface area contributed by atoms with E-state index in [1.165, 1.54) is 6.26 Å². The number of amides is 2. The van der Waals surface area contributed by atoms with Crippen molar-refractivity contribution < 1.29 is 14.0 Å². The number of likely N-dealkylation sites (N-methyl/N-ethyl adjacent to an activating group) is 1. The van der Waals surface area contributed by atoms with E-state index in [-0.39, 0.29) is 24.1 Å². The Hall–Kier alpha value is -1.82. The van der Waals surface area contributed by atoms with Crippen LogP contribution in [0.25, 0.3) is 0 Å². The molecular formula is C13H19N3O3. The maximum Gasteiger partial charge on any atom is 0.287 e. The van der Waals surface area contributed by atoms with Gasteiger partial charge in [0.2, 0.25) is 5.91 Å². The normalized spacial score (nSPS) is 16.4. The summed E-state index contributed by atoms with van der Waals surface area (Å²) < 4.78 is 4.96. The molecule has 2 rings (SSSR count). The van der Waals surface area contributed by atoms with E-state index >= 15 is 0 Å². The molecule has 0 aromatic carbocycles. The lowest BCUT2D eigenvalue weighted by molar-refractivity contribution is -0.131. The first kappa shape index (κ1) is 13.6. The lowest BCUT2D eigenvalue weighted by atomic mass is 10.3. The zero-order valence-electron chi connectivity index (χ0n) is 11.1. The number of furan rings is 1. The molecule has 1 aliphatic rings. The van der Waals surface area contributed by atoms with Crippen molar-refractivity contribution in [1.29, 1.82) is 0 Å². The number of carbonyl (C=O) groups excluding carboxylic acids is 2. The van der Waals surface area contributed by atoms with Crippen molar-refractivity contribution in [1.82, 2.24) is 15.1 Å². The number of nitrogens with one attached hydrogen (secondary N) is 1. The highest BCUT2D eigenvalue weighted by Crippen LogP contribution is 2.02. The van der Waals surface area contributed by atoms with E-state index in [0.29, 0.717) is 0 Å². The Balaban J connectivity index is 1.74. The minimum absolute atomic E-state index is 0.0195. The molecule has 0 spiro atoms. The van der Waals surface area contributed by atoms with E-state index in [1.54, 1.807) is 17.0 Å². The summed E-state index contributed by atoms with van der Waals surface area (Å²) in [5.41, 5.74) is 0. The van der Waals surface area contributed by atoms with Gasteiger partial charge in [-0.25, -0.2) is 0 Å². The van der Waals surface area contributed by atoms with Crippen LogP contribution in [0.1, 0.15) is 17.5 Å². The fraction of sp³-hybridized carbons (Fsp3) is 0.538. The molecule has 1 aromatic rings. The first-order valence-corrected chi connectivity index (χ1v) is 6.52. The number of piperazine rings is 1. The van der Waals surface area contributed by atoms with Gasteiger partial charge in [0.25, 0.3) is 5.91 Å². The van der Waals surface area contributed by atoms with Crippen molar-refractivity contribution in [2.45, 2.75) is 6.92 Å². The van der Waals surface area contributed by atoms with Gasteiger partial charge in [-0.1, -0.05) is 6.92 Å². The third-order valence-electron chi connectivity index (χ3n) is 3.32. The highest BCUT2D eigenvalue weighted by Gasteiger charge is 2.20. The van der Waals surface area contributed by atoms with E-state index in [0.717, 1.165) is 32.7 Å². The molecule has 0 bridgehead atoms. The third kappa shape index (κ3) is 3.57. The summed E-state index contributed by atoms with van der Waals surface area (Å²) >= 11 is 0. The molecule has 1 saturated heterocycles. The molecule has 0 radical (unpaired) electrons. The predicted molar refractivity (Wildman–Crippen MR) is 69.7 cm³/mol. The van der Waals surface area contributed by atoms with E-state index in [9.17, 15) is 9.59 Å². The van der Waals surface area contributed by atoms with Crippen LogP contribution >= 0.6 is 0 Å². The van der Waals surface area contributed by atoms with Crippen molar-refractivity contribution in [3.05, 3.63) is 24.2 Å². The molecule has 0 aliphatic carbocycles. The lowest BCUT2D eigenvalue weighted by Gasteiger charge is -2.34. The van der Waals surface area contributed by atoms with Gasteiger partial charge < -0.3 is 19.5 Å². The molecule has 2 heterocycles. The van der Waals surface area contributed by atoms with Gasteiger partial charge in [-0.05, 0) is 18.7 Å². The molecule has 1 N–H and O–H groups in total. The van der Waals surface area contributed by atoms with Gasteiger partial charge in [0.05, 0.1) is 12.8 Å². The zero-order valence-corrected chi connectivity index (χ0v) is 11.1. The Kier molecular flexibility index (Phi) is 4.57. The van der Waals surface area contributed by atoms with Crippen LogP contribution in [-0.2, 0) is 4.79 Å². The van der Waals surface area contributed by atoms with Gasteiger partial charge >= 0.3 is 0 Å². The summed E-state index contributed by atoms with van der Waals surface area (Å²) in [6.45, 7) is 6.39. The Labute approximate surface area is 112 Å². The van der Waals surface area contributed by atoms with Crippen LogP contribution in [-0.4, -0.2) is 60.9 Å². The largest absolute Gasteiger partial charge is 0.459 e. The monoisotopic (exact) mass is 265 g/mol. The second-order valence-electron chi connectivity index (χ2n) is 4.48. The Morgan fingerprint density at radius 3 is 2.63 bits per heavy atom. The van der Waals surface area contributed by atoms with Crippen LogP contribution in [0, 0.1) is 0 Å². The highest BCUT2D eigenvalue weighted by molar-refractivity contribution is 5.94. The van der Waals surface area contributed by atoms with Gasteiger partial charge in [-0.3, -0.25) is 9.59 Å². The minimum atomic E-state index is -0.356. The fourth-order valence-electron chi connectivity index (χ4n) is 2.08. The second-order valence-corrected chi connectivity index (χ2v) is 4.48. The first-order chi connectivity index (χ1) is 9.20. The molecule has 6 heteroatoms. The standard InChI is InChI=1S/C13H19N3O3/c1-2-15-5-7-16(8-6-15)12(17)10-14-13(18)11-4-3-9-19-11/h3-4,9H,2,5-8,10H2,1H3,(H,14,18). The van der Waals surface area contributed by atoms with Gasteiger partial charge in [0.1, 0.15) is 0 Å². The average Bonchev–Trinajstić information content (AvgIpc) is 2.98. The summed E-state index contributed by atoms with van der Waals surface area (Å²) in [6.07, 6.45) is 1.43. The Morgan fingerprint density at radius 1 is 1.32 bits per heavy atom. The minimum Gasteiger partial charge on any atom is -0.459 e. The smallest absolute Gasteiger partial charge is 0.287 e. The van der Waals surface area contributed by atoms with Crippen LogP contribution in [0.4, 0.5) is 0 Å². The van der Waals surface area contributed by atoms with Crippen LogP contribution in [0.2, 0.25) is 0 Å². The molecule has 0 atom stereocenters. The van der Waals surface area contributed by atoms with Crippen molar-refractivity contribution >= 4 is 11.8 Å². The zero-order chi connectivity index (χ0) is 13.7. The molecule has 19 heavy (non-hydrogen) atoms. The highest BCUT2D eigenvalue weighted by atomic mass is 16.3. The number of rotatable bonds is 4. The molecule has 1 aliphatic heterocycles. The summed E-state index contributed by atoms with van der Waals surface area (Å²) in [6, 6.07) is 3.21. The predicted octanol–water partition coefficient (Wildman–Crippen LogP) is 0.174. The lowest BCUT2D eigenvalue weighted by Crippen LogP contribution is -2.51.